The lowest BCUT2D eigenvalue weighted by Gasteiger charge is -2.39. The quantitative estimate of drug-likeness (QED) is 0.0617. The number of halogens is 1. The molecule has 0 saturated heterocycles. The Hall–Kier alpha value is 1.16. The van der Waals surface area contributed by atoms with Gasteiger partial charge in [-0.25, -0.2) is 0 Å². The molecule has 0 aromatic heterocycles. The molecule has 2 atom stereocenters. The Balaban J connectivity index is 0. The van der Waals surface area contributed by atoms with Crippen LogP contribution in [0.5, 0.6) is 0 Å². The number of unbranched alkanes of at least 4 members (excludes halogenated alkanes) is 15. The third-order valence-electron chi connectivity index (χ3n) is 7.35. The first-order valence-corrected chi connectivity index (χ1v) is 15.0. The van der Waals surface area contributed by atoms with Crippen molar-refractivity contribution < 1.29 is 0 Å². The smallest absolute Gasteiger partial charge is 0.0122 e. The van der Waals surface area contributed by atoms with Gasteiger partial charge in [0.1, 0.15) is 0 Å². The van der Waals surface area contributed by atoms with Crippen LogP contribution in [0.25, 0.3) is 0 Å². The van der Waals surface area contributed by atoms with E-state index in [0.717, 1.165) is 5.92 Å². The standard InChI is InChI=1S/C29H61P.HI/c1-5-9-12-15-18-21-25-28(24-8-4)29(30,26-22-19-16-13-10-6-2)27-23-20-17-14-11-7-3;/h28H,5-27,30H2,1-4H3;1H. The maximum atomic E-state index is 3.46. The van der Waals surface area contributed by atoms with Crippen molar-refractivity contribution in [1.82, 2.24) is 0 Å². The molecule has 0 spiro atoms. The number of rotatable bonds is 24. The molecule has 0 aliphatic rings. The molecule has 2 heteroatoms. The molecule has 0 heterocycles. The highest BCUT2D eigenvalue weighted by molar-refractivity contribution is 14.0. The van der Waals surface area contributed by atoms with Gasteiger partial charge in [-0.2, -0.15) is 0 Å². The molecule has 0 saturated carbocycles. The predicted molar refractivity (Wildman–Crippen MR) is 160 cm³/mol. The molecule has 31 heavy (non-hydrogen) atoms. The lowest BCUT2D eigenvalue weighted by molar-refractivity contribution is 0.274. The minimum absolute atomic E-state index is 0. The molecule has 0 radical (unpaired) electrons. The fourth-order valence-electron chi connectivity index (χ4n) is 5.24. The van der Waals surface area contributed by atoms with Crippen LogP contribution in [0.1, 0.15) is 175 Å². The van der Waals surface area contributed by atoms with Gasteiger partial charge in [-0.1, -0.05) is 150 Å². The topological polar surface area (TPSA) is 0 Å². The van der Waals surface area contributed by atoms with E-state index in [9.17, 15) is 0 Å². The zero-order chi connectivity index (χ0) is 22.3. The third kappa shape index (κ3) is 20.3. The highest BCUT2D eigenvalue weighted by Crippen LogP contribution is 2.43. The van der Waals surface area contributed by atoms with Gasteiger partial charge in [-0.3, -0.25) is 0 Å². The summed E-state index contributed by atoms with van der Waals surface area (Å²) in [5.41, 5.74) is 0. The monoisotopic (exact) mass is 568 g/mol. The van der Waals surface area contributed by atoms with Crippen molar-refractivity contribution in [2.75, 3.05) is 0 Å². The highest BCUT2D eigenvalue weighted by atomic mass is 127. The highest BCUT2D eigenvalue weighted by Gasteiger charge is 2.32. The van der Waals surface area contributed by atoms with Crippen LogP contribution in [0.3, 0.4) is 0 Å². The van der Waals surface area contributed by atoms with Crippen LogP contribution in [-0.2, 0) is 0 Å². The maximum Gasteiger partial charge on any atom is -0.0122 e. The average Bonchev–Trinajstić information content (AvgIpc) is 2.74. The Morgan fingerprint density at radius 1 is 0.452 bits per heavy atom. The number of hydrogen-bond donors (Lipinski definition) is 0. The van der Waals surface area contributed by atoms with Crippen molar-refractivity contribution in [2.24, 2.45) is 5.92 Å². The first-order valence-electron chi connectivity index (χ1n) is 14.4. The maximum absolute atomic E-state index is 3.46. The van der Waals surface area contributed by atoms with Gasteiger partial charge in [0.15, 0.2) is 0 Å². The van der Waals surface area contributed by atoms with Crippen molar-refractivity contribution in [3.63, 3.8) is 0 Å². The molecule has 0 nitrogen and oxygen atoms in total. The van der Waals surface area contributed by atoms with Crippen LogP contribution >= 0.6 is 33.2 Å². The SMILES string of the molecule is CCCCCCCCC(CCC)C(P)(CCCCCCCC)CCCCCCCC.I. The Labute approximate surface area is 218 Å². The Morgan fingerprint density at radius 3 is 1.19 bits per heavy atom. The molecule has 0 amide bonds. The van der Waals surface area contributed by atoms with Gasteiger partial charge in [0, 0.05) is 0 Å². The van der Waals surface area contributed by atoms with Crippen molar-refractivity contribution >= 4 is 33.2 Å². The van der Waals surface area contributed by atoms with Crippen LogP contribution < -0.4 is 0 Å². The minimum Gasteiger partial charge on any atom is -0.131 e. The van der Waals surface area contributed by atoms with Crippen molar-refractivity contribution in [3.05, 3.63) is 0 Å². The summed E-state index contributed by atoms with van der Waals surface area (Å²) < 4.78 is 0. The molecule has 0 rings (SSSR count). The summed E-state index contributed by atoms with van der Waals surface area (Å²) in [5, 5.41) is 0.523. The van der Waals surface area contributed by atoms with Crippen LogP contribution in [0.2, 0.25) is 0 Å². The summed E-state index contributed by atoms with van der Waals surface area (Å²) in [4.78, 5) is 0. The van der Waals surface area contributed by atoms with Gasteiger partial charge in [-0.15, -0.1) is 33.2 Å². The second-order valence-corrected chi connectivity index (χ2v) is 11.5. The van der Waals surface area contributed by atoms with E-state index in [4.69, 9.17) is 0 Å². The van der Waals surface area contributed by atoms with Gasteiger partial charge < -0.3 is 0 Å². The zero-order valence-corrected chi connectivity index (χ0v) is 25.8. The summed E-state index contributed by atoms with van der Waals surface area (Å²) >= 11 is 0. The lowest BCUT2D eigenvalue weighted by Crippen LogP contribution is -2.32. The van der Waals surface area contributed by atoms with E-state index >= 15 is 0 Å². The molecule has 0 fully saturated rings. The van der Waals surface area contributed by atoms with E-state index in [1.165, 1.54) is 148 Å². The van der Waals surface area contributed by atoms with Crippen LogP contribution in [-0.4, -0.2) is 5.16 Å². The van der Waals surface area contributed by atoms with Crippen molar-refractivity contribution in [3.8, 4) is 0 Å². The molecule has 0 aromatic rings. The molecular formula is C29H62IP. The average molecular weight is 569 g/mol. The summed E-state index contributed by atoms with van der Waals surface area (Å²) in [6, 6.07) is 0. The second kappa shape index (κ2) is 25.8. The number of hydrogen-bond acceptors (Lipinski definition) is 0. The molecule has 0 N–H and O–H groups in total. The largest absolute Gasteiger partial charge is 0.131 e. The fourth-order valence-corrected chi connectivity index (χ4v) is 5.98. The van der Waals surface area contributed by atoms with E-state index in [2.05, 4.69) is 36.9 Å². The van der Waals surface area contributed by atoms with Gasteiger partial charge in [0.25, 0.3) is 0 Å². The van der Waals surface area contributed by atoms with Gasteiger partial charge in [0.2, 0.25) is 0 Å². The summed E-state index contributed by atoms with van der Waals surface area (Å²) in [5.74, 6) is 0.935. The second-order valence-electron chi connectivity index (χ2n) is 10.3. The van der Waals surface area contributed by atoms with E-state index in [-0.39, 0.29) is 24.0 Å². The molecule has 0 aliphatic heterocycles. The molecule has 2 unspecified atom stereocenters. The van der Waals surface area contributed by atoms with E-state index < -0.39 is 0 Å². The third-order valence-corrected chi connectivity index (χ3v) is 8.40. The predicted octanol–water partition coefficient (Wildman–Crippen LogP) is 11.9. The Bertz CT molecular complexity index is 315. The zero-order valence-electron chi connectivity index (χ0n) is 22.3. The van der Waals surface area contributed by atoms with Crippen LogP contribution in [0, 0.1) is 5.92 Å². The van der Waals surface area contributed by atoms with E-state index in [1.807, 2.05) is 0 Å². The fraction of sp³-hybridized carbons (Fsp3) is 1.00. The van der Waals surface area contributed by atoms with Crippen LogP contribution in [0.4, 0.5) is 0 Å². The Kier molecular flexibility index (Phi) is 28.5. The molecule has 0 aromatic carbocycles. The van der Waals surface area contributed by atoms with E-state index in [1.54, 1.807) is 0 Å². The van der Waals surface area contributed by atoms with E-state index in [0.29, 0.717) is 5.16 Å². The van der Waals surface area contributed by atoms with Gasteiger partial charge in [0.05, 0.1) is 0 Å². The molecule has 0 bridgehead atoms. The summed E-state index contributed by atoms with van der Waals surface area (Å²) in [6.07, 6.45) is 33.1. The summed E-state index contributed by atoms with van der Waals surface area (Å²) in [7, 11) is 3.46. The van der Waals surface area contributed by atoms with Crippen molar-refractivity contribution in [2.45, 2.75) is 181 Å². The molecule has 0 aliphatic carbocycles. The van der Waals surface area contributed by atoms with Crippen LogP contribution in [0.15, 0.2) is 0 Å². The first-order chi connectivity index (χ1) is 14.6. The summed E-state index contributed by atoms with van der Waals surface area (Å²) in [6.45, 7) is 9.39. The van der Waals surface area contributed by atoms with Gasteiger partial charge >= 0.3 is 0 Å². The molecule has 190 valence electrons. The van der Waals surface area contributed by atoms with Crippen molar-refractivity contribution in [1.29, 1.82) is 0 Å². The first kappa shape index (κ1) is 34.3. The van der Waals surface area contributed by atoms with Gasteiger partial charge in [-0.05, 0) is 36.8 Å². The lowest BCUT2D eigenvalue weighted by atomic mass is 9.77. The normalized spacial score (nSPS) is 12.7. The Morgan fingerprint density at radius 2 is 0.806 bits per heavy atom. The minimum atomic E-state index is 0. The molecular weight excluding hydrogens is 506 g/mol.